The standard InChI is InChI=1S/C23H19N3O2S/c1-16-6-4-9-19(12-16)25-23-26-22(27)21(29-23)13-18-8-2-3-10-20(18)28-15-17-7-5-11-24-14-17/h2-14H,15H2,1H3,(H,25,26,27)/b21-13+. The van der Waals surface area contributed by atoms with Gasteiger partial charge in [0.25, 0.3) is 5.91 Å². The van der Waals surface area contributed by atoms with E-state index in [9.17, 15) is 4.79 Å². The Labute approximate surface area is 173 Å². The lowest BCUT2D eigenvalue weighted by molar-refractivity contribution is -0.115. The molecule has 144 valence electrons. The largest absolute Gasteiger partial charge is 0.488 e. The Morgan fingerprint density at radius 1 is 1.14 bits per heavy atom. The van der Waals surface area contributed by atoms with Gasteiger partial charge >= 0.3 is 0 Å². The first-order chi connectivity index (χ1) is 14.2. The number of amidine groups is 1. The maximum atomic E-state index is 12.4. The number of para-hydroxylation sites is 1. The second-order valence-electron chi connectivity index (χ2n) is 6.51. The molecule has 0 bridgehead atoms. The van der Waals surface area contributed by atoms with Crippen LogP contribution in [0.3, 0.4) is 0 Å². The number of carbonyl (C=O) groups is 1. The van der Waals surface area contributed by atoms with Crippen LogP contribution in [-0.4, -0.2) is 16.1 Å². The molecule has 1 aliphatic heterocycles. The Kier molecular flexibility index (Phi) is 5.72. The predicted molar refractivity (Wildman–Crippen MR) is 117 cm³/mol. The van der Waals surface area contributed by atoms with Crippen molar-refractivity contribution >= 4 is 34.6 Å². The van der Waals surface area contributed by atoms with Crippen molar-refractivity contribution in [2.45, 2.75) is 13.5 Å². The van der Waals surface area contributed by atoms with Crippen molar-refractivity contribution in [3.63, 3.8) is 0 Å². The number of carbonyl (C=O) groups excluding carboxylic acids is 1. The molecule has 0 spiro atoms. The molecule has 0 unspecified atom stereocenters. The summed E-state index contributed by atoms with van der Waals surface area (Å²) in [5.74, 6) is 0.546. The lowest BCUT2D eigenvalue weighted by Gasteiger charge is -2.09. The van der Waals surface area contributed by atoms with Gasteiger partial charge in [0, 0.05) is 23.5 Å². The van der Waals surface area contributed by atoms with Crippen LogP contribution in [0.1, 0.15) is 16.7 Å². The van der Waals surface area contributed by atoms with Crippen molar-refractivity contribution in [3.05, 3.63) is 94.7 Å². The van der Waals surface area contributed by atoms with Crippen LogP contribution in [-0.2, 0) is 11.4 Å². The monoisotopic (exact) mass is 401 g/mol. The number of hydrogen-bond acceptors (Lipinski definition) is 5. The lowest BCUT2D eigenvalue weighted by Crippen LogP contribution is -2.19. The van der Waals surface area contributed by atoms with Crippen LogP contribution in [0, 0.1) is 6.92 Å². The maximum absolute atomic E-state index is 12.4. The SMILES string of the molecule is Cc1cccc(N=C2NC(=O)/C(=C\c3ccccc3OCc3cccnc3)S2)c1. The number of hydrogen-bond donors (Lipinski definition) is 1. The number of ether oxygens (including phenoxy) is 1. The molecule has 3 aromatic rings. The van der Waals surface area contributed by atoms with E-state index >= 15 is 0 Å². The van der Waals surface area contributed by atoms with E-state index in [0.717, 1.165) is 22.4 Å². The minimum atomic E-state index is -0.163. The Bertz CT molecular complexity index is 1090. The molecule has 5 nitrogen and oxygen atoms in total. The molecule has 2 aromatic carbocycles. The van der Waals surface area contributed by atoms with E-state index < -0.39 is 0 Å². The van der Waals surface area contributed by atoms with Gasteiger partial charge in [-0.15, -0.1) is 0 Å². The number of nitrogens with zero attached hydrogens (tertiary/aromatic N) is 2. The number of aliphatic imine (C=N–C) groups is 1. The van der Waals surface area contributed by atoms with E-state index in [4.69, 9.17) is 4.74 Å². The molecule has 1 aromatic heterocycles. The van der Waals surface area contributed by atoms with Gasteiger partial charge < -0.3 is 10.1 Å². The van der Waals surface area contributed by atoms with Crippen LogP contribution >= 0.6 is 11.8 Å². The summed E-state index contributed by atoms with van der Waals surface area (Å²) in [6, 6.07) is 19.3. The summed E-state index contributed by atoms with van der Waals surface area (Å²) in [7, 11) is 0. The van der Waals surface area contributed by atoms with E-state index in [0.29, 0.717) is 22.4 Å². The Morgan fingerprint density at radius 2 is 2.03 bits per heavy atom. The minimum Gasteiger partial charge on any atom is -0.488 e. The minimum absolute atomic E-state index is 0.163. The van der Waals surface area contributed by atoms with Gasteiger partial charge in [0.2, 0.25) is 0 Å². The van der Waals surface area contributed by atoms with E-state index in [2.05, 4.69) is 15.3 Å². The maximum Gasteiger partial charge on any atom is 0.264 e. The zero-order valence-electron chi connectivity index (χ0n) is 15.8. The van der Waals surface area contributed by atoms with Crippen LogP contribution in [0.25, 0.3) is 6.08 Å². The third-order valence-electron chi connectivity index (χ3n) is 4.21. The van der Waals surface area contributed by atoms with Gasteiger partial charge in [-0.3, -0.25) is 9.78 Å². The highest BCUT2D eigenvalue weighted by Crippen LogP contribution is 2.31. The summed E-state index contributed by atoms with van der Waals surface area (Å²) in [5, 5.41) is 3.40. The van der Waals surface area contributed by atoms with Crippen molar-refractivity contribution < 1.29 is 9.53 Å². The summed E-state index contributed by atoms with van der Waals surface area (Å²) < 4.78 is 5.95. The molecule has 4 rings (SSSR count). The molecule has 1 saturated heterocycles. The lowest BCUT2D eigenvalue weighted by atomic mass is 10.2. The van der Waals surface area contributed by atoms with Crippen LogP contribution < -0.4 is 10.1 Å². The normalized spacial score (nSPS) is 16.2. The van der Waals surface area contributed by atoms with Gasteiger partial charge in [-0.25, -0.2) is 4.99 Å². The zero-order chi connectivity index (χ0) is 20.1. The predicted octanol–water partition coefficient (Wildman–Crippen LogP) is 4.86. The van der Waals surface area contributed by atoms with Crippen molar-refractivity contribution in [2.75, 3.05) is 0 Å². The van der Waals surface area contributed by atoms with Crippen molar-refractivity contribution in [1.29, 1.82) is 0 Å². The van der Waals surface area contributed by atoms with Gasteiger partial charge in [-0.1, -0.05) is 36.4 Å². The number of aryl methyl sites for hydroxylation is 1. The molecule has 0 aliphatic carbocycles. The van der Waals surface area contributed by atoms with Gasteiger partial charge in [-0.05, 0) is 54.6 Å². The first kappa shape index (κ1) is 19.0. The second-order valence-corrected chi connectivity index (χ2v) is 7.54. The number of rotatable bonds is 5. The average Bonchev–Trinajstić information content (AvgIpc) is 3.07. The van der Waals surface area contributed by atoms with Crippen LogP contribution in [0.4, 0.5) is 5.69 Å². The molecule has 0 radical (unpaired) electrons. The van der Waals surface area contributed by atoms with Gasteiger partial charge in [-0.2, -0.15) is 0 Å². The molecule has 29 heavy (non-hydrogen) atoms. The molecule has 1 amide bonds. The highest BCUT2D eigenvalue weighted by Gasteiger charge is 2.24. The summed E-state index contributed by atoms with van der Waals surface area (Å²) in [6.45, 7) is 2.42. The van der Waals surface area contributed by atoms with Gasteiger partial charge in [0.05, 0.1) is 10.6 Å². The molecular formula is C23H19N3O2S. The van der Waals surface area contributed by atoms with E-state index in [1.54, 1.807) is 12.4 Å². The van der Waals surface area contributed by atoms with Crippen LogP contribution in [0.5, 0.6) is 5.75 Å². The Balaban J connectivity index is 1.53. The zero-order valence-corrected chi connectivity index (χ0v) is 16.6. The molecular weight excluding hydrogens is 382 g/mol. The fraction of sp³-hybridized carbons (Fsp3) is 0.0870. The van der Waals surface area contributed by atoms with E-state index in [1.165, 1.54) is 11.8 Å². The summed E-state index contributed by atoms with van der Waals surface area (Å²) in [6.07, 6.45) is 5.33. The molecule has 2 heterocycles. The first-order valence-corrected chi connectivity index (χ1v) is 9.96. The molecule has 1 aliphatic rings. The van der Waals surface area contributed by atoms with E-state index in [-0.39, 0.29) is 5.91 Å². The number of benzene rings is 2. The quantitative estimate of drug-likeness (QED) is 0.620. The molecule has 0 atom stereocenters. The van der Waals surface area contributed by atoms with Gasteiger partial charge in [0.15, 0.2) is 5.17 Å². The summed E-state index contributed by atoms with van der Waals surface area (Å²) in [5.41, 5.74) is 3.76. The number of pyridine rings is 1. The van der Waals surface area contributed by atoms with Gasteiger partial charge in [0.1, 0.15) is 12.4 Å². The summed E-state index contributed by atoms with van der Waals surface area (Å²) >= 11 is 1.32. The van der Waals surface area contributed by atoms with Crippen molar-refractivity contribution in [3.8, 4) is 5.75 Å². The van der Waals surface area contributed by atoms with Crippen LogP contribution in [0.15, 0.2) is 83.0 Å². The molecule has 1 fully saturated rings. The Morgan fingerprint density at radius 3 is 2.86 bits per heavy atom. The third-order valence-corrected chi connectivity index (χ3v) is 5.12. The first-order valence-electron chi connectivity index (χ1n) is 9.14. The van der Waals surface area contributed by atoms with Crippen LogP contribution in [0.2, 0.25) is 0 Å². The molecule has 1 N–H and O–H groups in total. The number of thioether (sulfide) groups is 1. The average molecular weight is 401 g/mol. The number of aromatic nitrogens is 1. The highest BCUT2D eigenvalue weighted by molar-refractivity contribution is 8.18. The molecule has 6 heteroatoms. The van der Waals surface area contributed by atoms with Crippen molar-refractivity contribution in [2.24, 2.45) is 4.99 Å². The Hall–Kier alpha value is -3.38. The fourth-order valence-corrected chi connectivity index (χ4v) is 3.65. The number of amides is 1. The third kappa shape index (κ3) is 4.92. The number of nitrogens with one attached hydrogen (secondary N) is 1. The van der Waals surface area contributed by atoms with Crippen molar-refractivity contribution in [1.82, 2.24) is 10.3 Å². The second kappa shape index (κ2) is 8.75. The topological polar surface area (TPSA) is 63.6 Å². The van der Waals surface area contributed by atoms with E-state index in [1.807, 2.05) is 73.7 Å². The fourth-order valence-electron chi connectivity index (χ4n) is 2.81. The smallest absolute Gasteiger partial charge is 0.264 e. The molecule has 0 saturated carbocycles. The highest BCUT2D eigenvalue weighted by atomic mass is 32.2. The summed E-state index contributed by atoms with van der Waals surface area (Å²) in [4.78, 5) is 21.6.